The molecule has 0 unspecified atom stereocenters. The number of nitrogens with zero attached hydrogens (tertiary/aromatic N) is 2. The van der Waals surface area contributed by atoms with E-state index in [2.05, 4.69) is 10.1 Å². The standard InChI is InChI=1S/C20H15Cl3N2O3S/c21-17-8-4-5-15(20(17)23)13-28-25-12-18(14-9-10-19(22)24-11-14)29(26,27)16-6-2-1-3-7-16/h1-12,18H,13H2/b25-12-/t18-/m1/s1. The fraction of sp³-hybridized carbons (Fsp3) is 0.100. The Morgan fingerprint density at radius 2 is 1.76 bits per heavy atom. The van der Waals surface area contributed by atoms with Crippen LogP contribution in [-0.2, 0) is 21.3 Å². The third kappa shape index (κ3) is 5.28. The van der Waals surface area contributed by atoms with Crippen molar-refractivity contribution in [1.82, 2.24) is 4.98 Å². The maximum atomic E-state index is 13.1. The van der Waals surface area contributed by atoms with Crippen LogP contribution in [0.3, 0.4) is 0 Å². The molecule has 0 amide bonds. The van der Waals surface area contributed by atoms with Gasteiger partial charge in [0.2, 0.25) is 0 Å². The zero-order chi connectivity index (χ0) is 20.9. The first-order valence-electron chi connectivity index (χ1n) is 8.38. The number of hydrogen-bond donors (Lipinski definition) is 0. The predicted molar refractivity (Wildman–Crippen MR) is 115 cm³/mol. The normalized spacial score (nSPS) is 12.8. The van der Waals surface area contributed by atoms with Crippen molar-refractivity contribution in [2.75, 3.05) is 0 Å². The minimum Gasteiger partial charge on any atom is -0.391 e. The van der Waals surface area contributed by atoms with Crippen LogP contribution in [-0.4, -0.2) is 19.6 Å². The molecule has 0 radical (unpaired) electrons. The molecule has 0 aliphatic rings. The van der Waals surface area contributed by atoms with E-state index in [-0.39, 0.29) is 16.7 Å². The Bertz CT molecular complexity index is 1110. The number of benzene rings is 2. The molecule has 0 saturated carbocycles. The van der Waals surface area contributed by atoms with E-state index in [0.29, 0.717) is 21.2 Å². The summed E-state index contributed by atoms with van der Waals surface area (Å²) < 4.78 is 26.3. The van der Waals surface area contributed by atoms with Crippen molar-refractivity contribution in [3.05, 3.63) is 93.2 Å². The Morgan fingerprint density at radius 3 is 2.45 bits per heavy atom. The molecule has 0 spiro atoms. The van der Waals surface area contributed by atoms with E-state index < -0.39 is 15.1 Å². The molecule has 1 aromatic heterocycles. The predicted octanol–water partition coefficient (Wildman–Crippen LogP) is 5.76. The van der Waals surface area contributed by atoms with Crippen molar-refractivity contribution in [2.45, 2.75) is 16.8 Å². The summed E-state index contributed by atoms with van der Waals surface area (Å²) in [5, 5.41) is 3.77. The van der Waals surface area contributed by atoms with Crippen LogP contribution in [0.2, 0.25) is 15.2 Å². The van der Waals surface area contributed by atoms with Gasteiger partial charge in [-0.2, -0.15) is 0 Å². The molecule has 0 bridgehead atoms. The van der Waals surface area contributed by atoms with Crippen LogP contribution in [0.4, 0.5) is 0 Å². The topological polar surface area (TPSA) is 68.6 Å². The lowest BCUT2D eigenvalue weighted by Gasteiger charge is -2.14. The zero-order valence-corrected chi connectivity index (χ0v) is 18.0. The van der Waals surface area contributed by atoms with Crippen molar-refractivity contribution in [2.24, 2.45) is 5.16 Å². The lowest BCUT2D eigenvalue weighted by atomic mass is 10.2. The largest absolute Gasteiger partial charge is 0.391 e. The highest BCUT2D eigenvalue weighted by molar-refractivity contribution is 7.92. The molecule has 5 nitrogen and oxygen atoms in total. The van der Waals surface area contributed by atoms with E-state index in [1.807, 2.05) is 0 Å². The Morgan fingerprint density at radius 1 is 1.00 bits per heavy atom. The number of rotatable bonds is 7. The Balaban J connectivity index is 1.86. The number of sulfone groups is 1. The van der Waals surface area contributed by atoms with Gasteiger partial charge in [-0.05, 0) is 29.8 Å². The highest BCUT2D eigenvalue weighted by Gasteiger charge is 2.28. The summed E-state index contributed by atoms with van der Waals surface area (Å²) in [5.74, 6) is 0. The summed E-state index contributed by atoms with van der Waals surface area (Å²) in [5.41, 5.74) is 1.04. The molecular weight excluding hydrogens is 455 g/mol. The van der Waals surface area contributed by atoms with Gasteiger partial charge in [-0.15, -0.1) is 0 Å². The number of halogens is 3. The van der Waals surface area contributed by atoms with Gasteiger partial charge in [-0.3, -0.25) is 0 Å². The first-order valence-corrected chi connectivity index (χ1v) is 11.1. The first-order chi connectivity index (χ1) is 13.9. The second kappa shape index (κ2) is 9.59. The van der Waals surface area contributed by atoms with Crippen molar-refractivity contribution in [3.8, 4) is 0 Å². The summed E-state index contributed by atoms with van der Waals surface area (Å²) in [6, 6.07) is 16.3. The summed E-state index contributed by atoms with van der Waals surface area (Å²) in [6.07, 6.45) is 2.61. The van der Waals surface area contributed by atoms with E-state index >= 15 is 0 Å². The van der Waals surface area contributed by atoms with Gasteiger partial charge in [0, 0.05) is 11.8 Å². The molecule has 0 saturated heterocycles. The molecule has 2 aromatic carbocycles. The van der Waals surface area contributed by atoms with Crippen molar-refractivity contribution >= 4 is 50.9 Å². The Hall–Kier alpha value is -2.12. The maximum Gasteiger partial charge on any atom is 0.190 e. The molecule has 150 valence electrons. The van der Waals surface area contributed by atoms with Crippen molar-refractivity contribution in [1.29, 1.82) is 0 Å². The minimum absolute atomic E-state index is 0.0346. The van der Waals surface area contributed by atoms with E-state index in [1.165, 1.54) is 30.6 Å². The Labute approximate surface area is 183 Å². The number of aromatic nitrogens is 1. The van der Waals surface area contributed by atoms with Gasteiger partial charge in [0.05, 0.1) is 21.2 Å². The fourth-order valence-corrected chi connectivity index (χ4v) is 4.55. The molecule has 9 heteroatoms. The molecular formula is C20H15Cl3N2O3S. The number of oxime groups is 1. The monoisotopic (exact) mass is 468 g/mol. The van der Waals surface area contributed by atoms with Crippen LogP contribution in [0.25, 0.3) is 0 Å². The van der Waals surface area contributed by atoms with Crippen molar-refractivity contribution < 1.29 is 13.3 Å². The van der Waals surface area contributed by atoms with Gasteiger partial charge < -0.3 is 4.84 Å². The molecule has 0 fully saturated rings. The zero-order valence-electron chi connectivity index (χ0n) is 14.9. The van der Waals surface area contributed by atoms with Gasteiger partial charge in [0.15, 0.2) is 9.84 Å². The highest BCUT2D eigenvalue weighted by Crippen LogP contribution is 2.28. The van der Waals surface area contributed by atoms with E-state index in [0.717, 1.165) is 0 Å². The number of hydrogen-bond acceptors (Lipinski definition) is 5. The maximum absolute atomic E-state index is 13.1. The average Bonchev–Trinajstić information content (AvgIpc) is 2.72. The highest BCUT2D eigenvalue weighted by atomic mass is 35.5. The van der Waals surface area contributed by atoms with Gasteiger partial charge in [0.1, 0.15) is 17.0 Å². The Kier molecular flexibility index (Phi) is 7.14. The molecule has 3 rings (SSSR count). The molecule has 1 atom stereocenters. The summed E-state index contributed by atoms with van der Waals surface area (Å²) in [4.78, 5) is 9.41. The second-order valence-electron chi connectivity index (χ2n) is 5.93. The summed E-state index contributed by atoms with van der Waals surface area (Å²) in [6.45, 7) is 0.0346. The third-order valence-electron chi connectivity index (χ3n) is 4.01. The van der Waals surface area contributed by atoms with Gasteiger partial charge in [-0.1, -0.05) is 76.4 Å². The summed E-state index contributed by atoms with van der Waals surface area (Å²) >= 11 is 17.9. The lowest BCUT2D eigenvalue weighted by Crippen LogP contribution is -2.15. The molecule has 0 aliphatic heterocycles. The van der Waals surface area contributed by atoms with Crippen LogP contribution in [0.5, 0.6) is 0 Å². The minimum atomic E-state index is -3.79. The lowest BCUT2D eigenvalue weighted by molar-refractivity contribution is 0.131. The molecule has 29 heavy (non-hydrogen) atoms. The third-order valence-corrected chi connectivity index (χ3v) is 7.08. The average molecular weight is 470 g/mol. The van der Waals surface area contributed by atoms with E-state index in [1.54, 1.807) is 42.5 Å². The van der Waals surface area contributed by atoms with Gasteiger partial charge in [0.25, 0.3) is 0 Å². The SMILES string of the molecule is O=S(=O)(c1ccccc1)[C@H](/C=N\OCc1cccc(Cl)c1Cl)c1ccc(Cl)nc1. The van der Waals surface area contributed by atoms with Gasteiger partial charge >= 0.3 is 0 Å². The molecule has 1 heterocycles. The van der Waals surface area contributed by atoms with E-state index in [4.69, 9.17) is 39.6 Å². The first kappa shape index (κ1) is 21.6. The molecule has 3 aromatic rings. The summed E-state index contributed by atoms with van der Waals surface area (Å²) in [7, 11) is -3.79. The van der Waals surface area contributed by atoms with Crippen molar-refractivity contribution in [3.63, 3.8) is 0 Å². The van der Waals surface area contributed by atoms with Gasteiger partial charge in [-0.25, -0.2) is 13.4 Å². The quantitative estimate of drug-likeness (QED) is 0.251. The van der Waals surface area contributed by atoms with Crippen LogP contribution in [0.15, 0.2) is 76.9 Å². The van der Waals surface area contributed by atoms with Crippen LogP contribution >= 0.6 is 34.8 Å². The van der Waals surface area contributed by atoms with Crippen LogP contribution in [0.1, 0.15) is 16.4 Å². The van der Waals surface area contributed by atoms with E-state index in [9.17, 15) is 8.42 Å². The van der Waals surface area contributed by atoms with Crippen LogP contribution < -0.4 is 0 Å². The number of pyridine rings is 1. The smallest absolute Gasteiger partial charge is 0.190 e. The van der Waals surface area contributed by atoms with Crippen LogP contribution in [0, 0.1) is 0 Å². The molecule has 0 aliphatic carbocycles. The fourth-order valence-electron chi connectivity index (χ4n) is 2.52. The molecule has 0 N–H and O–H groups in total. The second-order valence-corrected chi connectivity index (χ2v) is 9.18.